The molecule has 2 unspecified atom stereocenters. The van der Waals surface area contributed by atoms with Crippen LogP contribution in [0.15, 0.2) is 30.3 Å². The number of rotatable bonds is 4. The van der Waals surface area contributed by atoms with Crippen LogP contribution in [0, 0.1) is 0 Å². The molecule has 2 nitrogen and oxygen atoms in total. The lowest BCUT2D eigenvalue weighted by Gasteiger charge is -2.17. The molecule has 0 saturated carbocycles. The monoisotopic (exact) mass is 177 g/mol. The summed E-state index contributed by atoms with van der Waals surface area (Å²) in [6.07, 6.45) is -0.125. The Bertz CT molecular complexity index is 256. The highest BCUT2D eigenvalue weighted by atomic mass is 16.5. The Labute approximate surface area is 78.5 Å². The fourth-order valence-electron chi connectivity index (χ4n) is 1.21. The Morgan fingerprint density at radius 1 is 1.23 bits per heavy atom. The summed E-state index contributed by atoms with van der Waals surface area (Å²) in [7, 11) is 0. The zero-order valence-electron chi connectivity index (χ0n) is 7.86. The Kier molecular flexibility index (Phi) is 3.50. The molecular weight excluding hydrogens is 164 g/mol. The molecule has 69 valence electrons. The fraction of sp³-hybridized carbons (Fsp3) is 0.364. The van der Waals surface area contributed by atoms with Gasteiger partial charge in [-0.3, -0.25) is 0 Å². The second-order valence-electron chi connectivity index (χ2n) is 3.11. The lowest BCUT2D eigenvalue weighted by atomic mass is 9.96. The fourth-order valence-corrected chi connectivity index (χ4v) is 1.21. The maximum absolute atomic E-state index is 10.0. The highest BCUT2D eigenvalue weighted by molar-refractivity contribution is 5.39. The van der Waals surface area contributed by atoms with E-state index in [4.69, 9.17) is 4.74 Å². The Hall–Kier alpha value is -1.31. The third kappa shape index (κ3) is 2.58. The van der Waals surface area contributed by atoms with E-state index in [1.165, 1.54) is 12.0 Å². The first kappa shape index (κ1) is 9.78. The van der Waals surface area contributed by atoms with Crippen molar-refractivity contribution in [3.05, 3.63) is 35.9 Å². The quantitative estimate of drug-likeness (QED) is 0.705. The first-order chi connectivity index (χ1) is 6.25. The zero-order valence-corrected chi connectivity index (χ0v) is 7.86. The maximum Gasteiger partial charge on any atom is 0.417 e. The molecule has 0 bridgehead atoms. The summed E-state index contributed by atoms with van der Waals surface area (Å²) >= 11 is 0. The van der Waals surface area contributed by atoms with Crippen molar-refractivity contribution in [1.29, 1.82) is 0 Å². The standard InChI is InChI=1S/C11H13O2/c1-9(10(2)13-8-12)11-6-4-3-5-7-11/h3-7,9-10H,1-2H3. The van der Waals surface area contributed by atoms with Gasteiger partial charge in [0.15, 0.2) is 0 Å². The van der Waals surface area contributed by atoms with E-state index in [-0.39, 0.29) is 12.0 Å². The third-order valence-electron chi connectivity index (χ3n) is 2.26. The molecule has 0 aliphatic heterocycles. The van der Waals surface area contributed by atoms with Crippen LogP contribution in [0.1, 0.15) is 25.3 Å². The van der Waals surface area contributed by atoms with Crippen LogP contribution in [0.5, 0.6) is 0 Å². The SMILES string of the molecule is CC(O[C]=O)C(C)c1ccccc1. The van der Waals surface area contributed by atoms with Gasteiger partial charge in [-0.2, -0.15) is 0 Å². The summed E-state index contributed by atoms with van der Waals surface area (Å²) in [6, 6.07) is 9.96. The van der Waals surface area contributed by atoms with E-state index in [2.05, 4.69) is 0 Å². The molecule has 0 aromatic heterocycles. The average Bonchev–Trinajstić information content (AvgIpc) is 2.18. The van der Waals surface area contributed by atoms with Gasteiger partial charge in [-0.1, -0.05) is 37.3 Å². The normalized spacial score (nSPS) is 14.6. The molecule has 0 spiro atoms. The van der Waals surface area contributed by atoms with Crippen molar-refractivity contribution < 1.29 is 9.53 Å². The van der Waals surface area contributed by atoms with Crippen molar-refractivity contribution in [3.8, 4) is 0 Å². The van der Waals surface area contributed by atoms with Gasteiger partial charge in [0.1, 0.15) is 6.10 Å². The van der Waals surface area contributed by atoms with Crippen LogP contribution in [-0.4, -0.2) is 12.6 Å². The average molecular weight is 177 g/mol. The number of carbonyl (C=O) groups excluding carboxylic acids is 1. The van der Waals surface area contributed by atoms with Gasteiger partial charge in [-0.05, 0) is 12.5 Å². The van der Waals surface area contributed by atoms with Gasteiger partial charge in [0.25, 0.3) is 0 Å². The molecule has 1 aromatic rings. The second kappa shape index (κ2) is 4.65. The molecule has 0 N–H and O–H groups in total. The van der Waals surface area contributed by atoms with Crippen LogP contribution in [0.4, 0.5) is 0 Å². The minimum atomic E-state index is -0.125. The van der Waals surface area contributed by atoms with Gasteiger partial charge in [0.05, 0.1) is 0 Å². The highest BCUT2D eigenvalue weighted by Crippen LogP contribution is 2.19. The second-order valence-corrected chi connectivity index (χ2v) is 3.11. The molecule has 0 aliphatic carbocycles. The van der Waals surface area contributed by atoms with E-state index in [0.29, 0.717) is 0 Å². The molecular formula is C11H13O2. The number of hydrogen-bond donors (Lipinski definition) is 0. The van der Waals surface area contributed by atoms with Crippen LogP contribution in [0.25, 0.3) is 0 Å². The lowest BCUT2D eigenvalue weighted by Crippen LogP contribution is -2.15. The minimum Gasteiger partial charge on any atom is -0.454 e. The first-order valence-electron chi connectivity index (χ1n) is 4.33. The number of hydrogen-bond acceptors (Lipinski definition) is 2. The third-order valence-corrected chi connectivity index (χ3v) is 2.26. The molecule has 0 fully saturated rings. The molecule has 1 aromatic carbocycles. The van der Waals surface area contributed by atoms with Gasteiger partial charge in [-0.15, -0.1) is 0 Å². The van der Waals surface area contributed by atoms with Crippen molar-refractivity contribution in [2.45, 2.75) is 25.9 Å². The van der Waals surface area contributed by atoms with Crippen LogP contribution >= 0.6 is 0 Å². The molecule has 1 radical (unpaired) electrons. The van der Waals surface area contributed by atoms with E-state index in [1.54, 1.807) is 0 Å². The highest BCUT2D eigenvalue weighted by Gasteiger charge is 2.14. The van der Waals surface area contributed by atoms with Gasteiger partial charge in [-0.25, -0.2) is 4.79 Å². The van der Waals surface area contributed by atoms with Gasteiger partial charge >= 0.3 is 6.47 Å². The number of ether oxygens (including phenoxy) is 1. The van der Waals surface area contributed by atoms with Crippen molar-refractivity contribution in [2.24, 2.45) is 0 Å². The minimum absolute atomic E-state index is 0.125. The first-order valence-corrected chi connectivity index (χ1v) is 4.33. The predicted octanol–water partition coefficient (Wildman–Crippen LogP) is 2.26. The molecule has 0 saturated heterocycles. The summed E-state index contributed by atoms with van der Waals surface area (Å²) < 4.78 is 4.75. The van der Waals surface area contributed by atoms with Crippen molar-refractivity contribution >= 4 is 6.47 Å². The molecule has 0 amide bonds. The molecule has 2 atom stereocenters. The summed E-state index contributed by atoms with van der Waals surface area (Å²) in [6.45, 7) is 5.36. The van der Waals surface area contributed by atoms with Crippen LogP contribution in [-0.2, 0) is 9.53 Å². The molecule has 0 heterocycles. The van der Waals surface area contributed by atoms with Crippen molar-refractivity contribution in [1.82, 2.24) is 0 Å². The summed E-state index contributed by atoms with van der Waals surface area (Å²) in [5.74, 6) is 0.211. The lowest BCUT2D eigenvalue weighted by molar-refractivity contribution is 0.171. The Balaban J connectivity index is 2.67. The van der Waals surface area contributed by atoms with Crippen LogP contribution in [0.3, 0.4) is 0 Å². The zero-order chi connectivity index (χ0) is 9.68. The van der Waals surface area contributed by atoms with Crippen molar-refractivity contribution in [3.63, 3.8) is 0 Å². The van der Waals surface area contributed by atoms with Gasteiger partial charge < -0.3 is 4.74 Å². The van der Waals surface area contributed by atoms with Crippen molar-refractivity contribution in [2.75, 3.05) is 0 Å². The predicted molar refractivity (Wildman–Crippen MR) is 51.1 cm³/mol. The van der Waals surface area contributed by atoms with E-state index in [0.717, 1.165) is 0 Å². The topological polar surface area (TPSA) is 26.3 Å². The van der Waals surface area contributed by atoms with Gasteiger partial charge in [0.2, 0.25) is 0 Å². The number of benzene rings is 1. The van der Waals surface area contributed by atoms with E-state index in [1.807, 2.05) is 44.2 Å². The molecule has 13 heavy (non-hydrogen) atoms. The largest absolute Gasteiger partial charge is 0.454 e. The Morgan fingerprint density at radius 2 is 1.85 bits per heavy atom. The maximum atomic E-state index is 10.0. The Morgan fingerprint density at radius 3 is 2.38 bits per heavy atom. The summed E-state index contributed by atoms with van der Waals surface area (Å²) in [4.78, 5) is 10.0. The summed E-state index contributed by atoms with van der Waals surface area (Å²) in [5, 5.41) is 0. The van der Waals surface area contributed by atoms with E-state index < -0.39 is 0 Å². The molecule has 0 aliphatic rings. The van der Waals surface area contributed by atoms with E-state index in [9.17, 15) is 4.79 Å². The smallest absolute Gasteiger partial charge is 0.417 e. The van der Waals surface area contributed by atoms with Gasteiger partial charge in [0, 0.05) is 5.92 Å². The molecule has 2 heteroatoms. The summed E-state index contributed by atoms with van der Waals surface area (Å²) in [5.41, 5.74) is 1.17. The molecule has 1 rings (SSSR count). The van der Waals surface area contributed by atoms with Crippen LogP contribution in [0.2, 0.25) is 0 Å². The van der Waals surface area contributed by atoms with Crippen LogP contribution < -0.4 is 0 Å². The van der Waals surface area contributed by atoms with E-state index >= 15 is 0 Å².